The molecule has 1 saturated heterocycles. The average molecular weight is 406 g/mol. The number of halogens is 1. The lowest BCUT2D eigenvalue weighted by atomic mass is 10.1. The number of anilines is 1. The van der Waals surface area contributed by atoms with E-state index in [4.69, 9.17) is 5.73 Å². The van der Waals surface area contributed by atoms with Crippen LogP contribution in [0.2, 0.25) is 0 Å². The highest BCUT2D eigenvalue weighted by Gasteiger charge is 2.24. The predicted molar refractivity (Wildman–Crippen MR) is 108 cm³/mol. The summed E-state index contributed by atoms with van der Waals surface area (Å²) in [6.07, 6.45) is 1.49. The van der Waals surface area contributed by atoms with Crippen molar-refractivity contribution in [1.82, 2.24) is 25.0 Å². The number of nitrogens with one attached hydrogen (secondary N) is 1. The summed E-state index contributed by atoms with van der Waals surface area (Å²) >= 11 is 1.38. The zero-order valence-corrected chi connectivity index (χ0v) is 16.8. The Bertz CT molecular complexity index is 947. The third kappa shape index (κ3) is 4.16. The van der Waals surface area contributed by atoms with Gasteiger partial charge in [0.25, 0.3) is 0 Å². The number of nitrogens with two attached hydrogens (primary N) is 1. The smallest absolute Gasteiger partial charge is 0.317 e. The summed E-state index contributed by atoms with van der Waals surface area (Å²) in [4.78, 5) is 16.4. The van der Waals surface area contributed by atoms with Crippen LogP contribution in [0.15, 0.2) is 18.3 Å². The molecule has 2 amide bonds. The fraction of sp³-hybridized carbons (Fsp3) is 0.389. The molecule has 3 heterocycles. The van der Waals surface area contributed by atoms with E-state index in [0.717, 1.165) is 15.8 Å². The van der Waals surface area contributed by atoms with Crippen LogP contribution in [0.4, 0.5) is 14.3 Å². The summed E-state index contributed by atoms with van der Waals surface area (Å²) in [5.74, 6) is 0.218. The molecule has 4 rings (SSSR count). The van der Waals surface area contributed by atoms with Crippen LogP contribution in [-0.4, -0.2) is 57.1 Å². The normalized spacial score (nSPS) is 16.1. The number of likely N-dealkylation sites (tertiary alicyclic amines) is 1. The molecule has 0 bridgehead atoms. The van der Waals surface area contributed by atoms with E-state index in [-0.39, 0.29) is 18.3 Å². The van der Waals surface area contributed by atoms with Gasteiger partial charge >= 0.3 is 6.03 Å². The van der Waals surface area contributed by atoms with Crippen molar-refractivity contribution in [2.24, 2.45) is 0 Å². The van der Waals surface area contributed by atoms with Gasteiger partial charge in [0.1, 0.15) is 17.6 Å². The molecule has 0 unspecified atom stereocenters. The van der Waals surface area contributed by atoms with E-state index in [1.165, 1.54) is 16.2 Å². The predicted octanol–water partition coefficient (Wildman–Crippen LogP) is 2.76. The number of nitrogen functional groups attached to an aromatic ring is 1. The van der Waals surface area contributed by atoms with Crippen molar-refractivity contribution in [2.45, 2.75) is 26.4 Å². The SMILES string of the molecule is CNC(=O)N1CC[C@@H](F)C1.Cc1cc(C)c(-n2cc3sc(N)nc3n2)c(O)c1. The van der Waals surface area contributed by atoms with Gasteiger partial charge in [-0.25, -0.2) is 13.9 Å². The number of urea groups is 1. The van der Waals surface area contributed by atoms with Crippen LogP contribution in [0.25, 0.3) is 16.0 Å². The lowest BCUT2D eigenvalue weighted by molar-refractivity contribution is 0.206. The van der Waals surface area contributed by atoms with Crippen LogP contribution in [0, 0.1) is 13.8 Å². The van der Waals surface area contributed by atoms with E-state index < -0.39 is 6.17 Å². The van der Waals surface area contributed by atoms with Crippen molar-refractivity contribution in [3.63, 3.8) is 0 Å². The number of fused-ring (bicyclic) bond motifs is 1. The number of benzene rings is 1. The first-order chi connectivity index (χ1) is 13.3. The molecule has 150 valence electrons. The summed E-state index contributed by atoms with van der Waals surface area (Å²) < 4.78 is 15.0. The Labute approximate surface area is 165 Å². The molecule has 1 aliphatic heterocycles. The summed E-state index contributed by atoms with van der Waals surface area (Å²) in [6, 6.07) is 3.55. The molecule has 1 aliphatic rings. The highest BCUT2D eigenvalue weighted by atomic mass is 32.1. The highest BCUT2D eigenvalue weighted by molar-refractivity contribution is 7.21. The maximum atomic E-state index is 12.4. The third-order valence-corrected chi connectivity index (χ3v) is 5.19. The number of rotatable bonds is 1. The highest BCUT2D eigenvalue weighted by Crippen LogP contribution is 2.30. The summed E-state index contributed by atoms with van der Waals surface area (Å²) in [6.45, 7) is 4.68. The van der Waals surface area contributed by atoms with Gasteiger partial charge in [0.15, 0.2) is 10.8 Å². The van der Waals surface area contributed by atoms with Crippen molar-refractivity contribution in [3.05, 3.63) is 29.5 Å². The molecule has 4 N–H and O–H groups in total. The van der Waals surface area contributed by atoms with E-state index in [1.807, 2.05) is 26.1 Å². The number of aryl methyl sites for hydroxylation is 2. The Hall–Kier alpha value is -2.88. The molecule has 28 heavy (non-hydrogen) atoms. The topological polar surface area (TPSA) is 109 Å². The molecule has 0 spiro atoms. The number of hydrogen-bond donors (Lipinski definition) is 3. The number of aromatic hydroxyl groups is 1. The minimum atomic E-state index is -0.822. The maximum absolute atomic E-state index is 12.4. The number of hydrogen-bond acceptors (Lipinski definition) is 6. The molecule has 0 radical (unpaired) electrons. The van der Waals surface area contributed by atoms with Gasteiger partial charge < -0.3 is 21.1 Å². The Morgan fingerprint density at radius 3 is 2.75 bits per heavy atom. The maximum Gasteiger partial charge on any atom is 0.317 e. The molecule has 2 aromatic heterocycles. The number of nitrogens with zero attached hydrogens (tertiary/aromatic N) is 4. The summed E-state index contributed by atoms with van der Waals surface area (Å²) in [5.41, 5.74) is 8.89. The van der Waals surface area contributed by atoms with Gasteiger partial charge in [0, 0.05) is 13.6 Å². The van der Waals surface area contributed by atoms with Crippen molar-refractivity contribution < 1.29 is 14.3 Å². The van der Waals surface area contributed by atoms with E-state index in [2.05, 4.69) is 15.4 Å². The molecule has 1 aromatic carbocycles. The molecule has 1 atom stereocenters. The van der Waals surface area contributed by atoms with Crippen molar-refractivity contribution in [1.29, 1.82) is 0 Å². The summed E-state index contributed by atoms with van der Waals surface area (Å²) in [7, 11) is 1.55. The summed E-state index contributed by atoms with van der Waals surface area (Å²) in [5, 5.41) is 17.3. The average Bonchev–Trinajstić information content (AvgIpc) is 3.28. The van der Waals surface area contributed by atoms with Gasteiger partial charge in [-0.1, -0.05) is 17.4 Å². The molecule has 8 nitrogen and oxygen atoms in total. The number of alkyl halides is 1. The first-order valence-corrected chi connectivity index (χ1v) is 9.63. The molecule has 0 saturated carbocycles. The molecule has 10 heteroatoms. The zero-order chi connectivity index (χ0) is 20.4. The number of carbonyl (C=O) groups excluding carboxylic acids is 1. The number of thiazole rings is 1. The monoisotopic (exact) mass is 406 g/mol. The minimum Gasteiger partial charge on any atom is -0.506 e. The molecular weight excluding hydrogens is 383 g/mol. The molecule has 1 fully saturated rings. The Morgan fingerprint density at radius 1 is 1.43 bits per heavy atom. The fourth-order valence-electron chi connectivity index (χ4n) is 3.15. The van der Waals surface area contributed by atoms with Crippen LogP contribution in [-0.2, 0) is 0 Å². The van der Waals surface area contributed by atoms with E-state index in [9.17, 15) is 14.3 Å². The Morgan fingerprint density at radius 2 is 2.18 bits per heavy atom. The van der Waals surface area contributed by atoms with Crippen molar-refractivity contribution >= 4 is 32.8 Å². The van der Waals surface area contributed by atoms with Crippen LogP contribution >= 0.6 is 11.3 Å². The van der Waals surface area contributed by atoms with Crippen LogP contribution in [0.1, 0.15) is 17.5 Å². The number of carbonyl (C=O) groups is 1. The van der Waals surface area contributed by atoms with Crippen LogP contribution < -0.4 is 11.1 Å². The second-order valence-electron chi connectivity index (χ2n) is 6.65. The number of amides is 2. The fourth-order valence-corrected chi connectivity index (χ4v) is 3.84. The number of aromatic nitrogens is 3. The van der Waals surface area contributed by atoms with Crippen LogP contribution in [0.5, 0.6) is 5.75 Å². The van der Waals surface area contributed by atoms with Gasteiger partial charge in [-0.2, -0.15) is 4.98 Å². The second kappa shape index (κ2) is 8.01. The first-order valence-electron chi connectivity index (χ1n) is 8.81. The van der Waals surface area contributed by atoms with Crippen LogP contribution in [0.3, 0.4) is 0 Å². The van der Waals surface area contributed by atoms with Gasteiger partial charge in [-0.05, 0) is 37.5 Å². The quantitative estimate of drug-likeness (QED) is 0.576. The van der Waals surface area contributed by atoms with Crippen molar-refractivity contribution in [2.75, 3.05) is 25.9 Å². The van der Waals surface area contributed by atoms with Crippen molar-refractivity contribution in [3.8, 4) is 11.4 Å². The lowest BCUT2D eigenvalue weighted by Gasteiger charge is -2.13. The number of phenols is 1. The molecule has 0 aliphatic carbocycles. The van der Waals surface area contributed by atoms with E-state index in [0.29, 0.717) is 29.4 Å². The second-order valence-corrected chi connectivity index (χ2v) is 7.71. The molecule has 3 aromatic rings. The van der Waals surface area contributed by atoms with Gasteiger partial charge in [0.05, 0.1) is 17.4 Å². The zero-order valence-electron chi connectivity index (χ0n) is 15.9. The van der Waals surface area contributed by atoms with E-state index in [1.54, 1.807) is 17.8 Å². The first kappa shape index (κ1) is 19.9. The van der Waals surface area contributed by atoms with Gasteiger partial charge in [-0.15, -0.1) is 5.10 Å². The Kier molecular flexibility index (Phi) is 5.68. The van der Waals surface area contributed by atoms with Gasteiger partial charge in [-0.3, -0.25) is 0 Å². The third-order valence-electron chi connectivity index (χ3n) is 4.38. The molecular formula is C18H23FN6O2S. The van der Waals surface area contributed by atoms with Gasteiger partial charge in [0.2, 0.25) is 0 Å². The largest absolute Gasteiger partial charge is 0.506 e. The Balaban J connectivity index is 0.000000192. The standard InChI is InChI=1S/C12H12N4OS.C6H11FN2O/c1-6-3-7(2)10(8(17)4-6)16-5-9-11(15-16)14-12(13)18-9;1-8-6(10)9-3-2-5(7)4-9/h3-5,17H,1-2H3,(H2,13,14,15);5H,2-4H2,1H3,(H,8,10)/t;5-/m.1/s1. The lowest BCUT2D eigenvalue weighted by Crippen LogP contribution is -2.36. The number of phenolic OH excluding ortho intramolecular Hbond substituents is 1. The van der Waals surface area contributed by atoms with E-state index >= 15 is 0 Å². The minimum absolute atomic E-state index is 0.180.